The fourth-order valence-corrected chi connectivity index (χ4v) is 4.22. The summed E-state index contributed by atoms with van der Waals surface area (Å²) in [5, 5.41) is 0.658. The van der Waals surface area contributed by atoms with Gasteiger partial charge in [0, 0.05) is 18.1 Å². The van der Waals surface area contributed by atoms with E-state index >= 15 is 0 Å². The summed E-state index contributed by atoms with van der Waals surface area (Å²) in [6.45, 7) is 3.89. The van der Waals surface area contributed by atoms with E-state index in [1.54, 1.807) is 4.90 Å². The van der Waals surface area contributed by atoms with Crippen LogP contribution in [-0.4, -0.2) is 47.9 Å². The Morgan fingerprint density at radius 2 is 2.00 bits per heavy atom. The summed E-state index contributed by atoms with van der Waals surface area (Å²) in [6, 6.07) is 13.3. The molecule has 0 saturated carbocycles. The molecule has 2 aromatic rings. The lowest BCUT2D eigenvalue weighted by Gasteiger charge is -2.44. The van der Waals surface area contributed by atoms with Gasteiger partial charge < -0.3 is 14.5 Å². The Kier molecular flexibility index (Phi) is 5.27. The molecule has 0 N–H and O–H groups in total. The number of hydrogen-bond acceptors (Lipinski definition) is 3. The summed E-state index contributed by atoms with van der Waals surface area (Å²) in [4.78, 5) is 29.1. The molecule has 2 amide bonds. The molecule has 2 aliphatic rings. The molecule has 0 spiro atoms. The van der Waals surface area contributed by atoms with Gasteiger partial charge in [-0.15, -0.1) is 0 Å². The van der Waals surface area contributed by atoms with Crippen molar-refractivity contribution in [2.45, 2.75) is 25.8 Å². The Morgan fingerprint density at radius 3 is 2.75 bits per heavy atom. The van der Waals surface area contributed by atoms with Gasteiger partial charge in [-0.3, -0.25) is 9.59 Å². The average molecular weight is 399 g/mol. The van der Waals surface area contributed by atoms with Gasteiger partial charge in [0.1, 0.15) is 5.75 Å². The zero-order valence-corrected chi connectivity index (χ0v) is 16.6. The molecule has 1 unspecified atom stereocenters. The number of fused-ring (bicyclic) bond motifs is 3. The summed E-state index contributed by atoms with van der Waals surface area (Å²) < 4.78 is 5.44. The Morgan fingerprint density at radius 1 is 1.21 bits per heavy atom. The predicted molar refractivity (Wildman–Crippen MR) is 108 cm³/mol. The Labute approximate surface area is 169 Å². The molecule has 146 valence electrons. The van der Waals surface area contributed by atoms with Crippen LogP contribution in [0.2, 0.25) is 5.02 Å². The van der Waals surface area contributed by atoms with Crippen LogP contribution in [0.1, 0.15) is 29.7 Å². The van der Waals surface area contributed by atoms with Crippen LogP contribution in [0, 0.1) is 0 Å². The topological polar surface area (TPSA) is 49.9 Å². The van der Waals surface area contributed by atoms with E-state index in [0.717, 1.165) is 23.3 Å². The maximum Gasteiger partial charge on any atom is 0.242 e. The zero-order valence-electron chi connectivity index (χ0n) is 15.9. The van der Waals surface area contributed by atoms with E-state index < -0.39 is 0 Å². The third-order valence-electron chi connectivity index (χ3n) is 5.45. The van der Waals surface area contributed by atoms with Crippen LogP contribution in [0.4, 0.5) is 0 Å². The van der Waals surface area contributed by atoms with Crippen molar-refractivity contribution in [3.63, 3.8) is 0 Å². The smallest absolute Gasteiger partial charge is 0.242 e. The largest absolute Gasteiger partial charge is 0.494 e. The van der Waals surface area contributed by atoms with Crippen LogP contribution in [0.3, 0.4) is 0 Å². The normalized spacial score (nSPS) is 18.5. The van der Waals surface area contributed by atoms with Gasteiger partial charge in [0.25, 0.3) is 0 Å². The number of carbonyl (C=O) groups is 2. The molecular weight excluding hydrogens is 376 g/mol. The average Bonchev–Trinajstić information content (AvgIpc) is 2.69. The van der Waals surface area contributed by atoms with Crippen molar-refractivity contribution in [2.24, 2.45) is 0 Å². The van der Waals surface area contributed by atoms with Gasteiger partial charge in [0.15, 0.2) is 0 Å². The SMILES string of the molecule is CCOc1ccc(CC(=O)N2CC(=O)N3CCc4ccc(Cl)cc4C3C2)cc1. The second-order valence-corrected chi connectivity index (χ2v) is 7.66. The zero-order chi connectivity index (χ0) is 19.7. The molecule has 2 aliphatic heterocycles. The highest BCUT2D eigenvalue weighted by Gasteiger charge is 2.38. The third-order valence-corrected chi connectivity index (χ3v) is 5.68. The molecule has 5 nitrogen and oxygen atoms in total. The van der Waals surface area contributed by atoms with E-state index in [4.69, 9.17) is 16.3 Å². The summed E-state index contributed by atoms with van der Waals surface area (Å²) in [7, 11) is 0. The van der Waals surface area contributed by atoms with E-state index in [9.17, 15) is 9.59 Å². The van der Waals surface area contributed by atoms with E-state index in [1.807, 2.05) is 54.3 Å². The van der Waals surface area contributed by atoms with Crippen LogP contribution < -0.4 is 4.74 Å². The number of hydrogen-bond donors (Lipinski definition) is 0. The molecule has 0 bridgehead atoms. The first kappa shape index (κ1) is 18.8. The van der Waals surface area contributed by atoms with Crippen molar-refractivity contribution < 1.29 is 14.3 Å². The monoisotopic (exact) mass is 398 g/mol. The van der Waals surface area contributed by atoms with Gasteiger partial charge in [0.05, 0.1) is 25.6 Å². The number of rotatable bonds is 4. The van der Waals surface area contributed by atoms with Gasteiger partial charge >= 0.3 is 0 Å². The molecular formula is C22H23ClN2O3. The molecule has 0 aromatic heterocycles. The number of ether oxygens (including phenoxy) is 1. The molecule has 1 saturated heterocycles. The highest BCUT2D eigenvalue weighted by atomic mass is 35.5. The molecule has 0 radical (unpaired) electrons. The minimum Gasteiger partial charge on any atom is -0.494 e. The van der Waals surface area contributed by atoms with Gasteiger partial charge in [-0.25, -0.2) is 0 Å². The van der Waals surface area contributed by atoms with Crippen LogP contribution in [0.15, 0.2) is 42.5 Å². The van der Waals surface area contributed by atoms with E-state index in [1.165, 1.54) is 5.56 Å². The lowest BCUT2D eigenvalue weighted by Crippen LogP contribution is -2.56. The summed E-state index contributed by atoms with van der Waals surface area (Å²) in [5.41, 5.74) is 3.18. The first-order chi connectivity index (χ1) is 13.5. The minimum absolute atomic E-state index is 0.00178. The molecule has 0 aliphatic carbocycles. The van der Waals surface area contributed by atoms with Crippen LogP contribution in [-0.2, 0) is 22.4 Å². The molecule has 2 heterocycles. The van der Waals surface area contributed by atoms with Crippen molar-refractivity contribution >= 4 is 23.4 Å². The molecule has 28 heavy (non-hydrogen) atoms. The standard InChI is InChI=1S/C22H23ClN2O3/c1-2-28-18-7-3-15(4-8-18)11-21(26)24-13-20-19-12-17(23)6-5-16(19)9-10-25(20)22(27)14-24/h3-8,12,20H,2,9-11,13-14H2,1H3. The number of piperazine rings is 1. The Balaban J connectivity index is 1.50. The van der Waals surface area contributed by atoms with Gasteiger partial charge in [-0.1, -0.05) is 29.8 Å². The Bertz CT molecular complexity index is 897. The lowest BCUT2D eigenvalue weighted by atomic mass is 9.90. The van der Waals surface area contributed by atoms with Crippen LogP contribution in [0.25, 0.3) is 0 Å². The fourth-order valence-electron chi connectivity index (χ4n) is 4.04. The van der Waals surface area contributed by atoms with Crippen molar-refractivity contribution in [3.8, 4) is 5.75 Å². The quantitative estimate of drug-likeness (QED) is 0.794. The van der Waals surface area contributed by atoms with Gasteiger partial charge in [-0.05, 0) is 54.3 Å². The molecule has 1 atom stereocenters. The summed E-state index contributed by atoms with van der Waals surface area (Å²) in [6.07, 6.45) is 1.10. The second-order valence-electron chi connectivity index (χ2n) is 7.22. The molecule has 1 fully saturated rings. The number of halogens is 1. The number of amides is 2. The van der Waals surface area contributed by atoms with Gasteiger partial charge in [-0.2, -0.15) is 0 Å². The van der Waals surface area contributed by atoms with E-state index in [-0.39, 0.29) is 30.8 Å². The van der Waals surface area contributed by atoms with Crippen molar-refractivity contribution in [2.75, 3.05) is 26.2 Å². The maximum atomic E-state index is 12.9. The molecule has 2 aromatic carbocycles. The van der Waals surface area contributed by atoms with Crippen molar-refractivity contribution in [1.29, 1.82) is 0 Å². The summed E-state index contributed by atoms with van der Waals surface area (Å²) >= 11 is 6.19. The van der Waals surface area contributed by atoms with Crippen molar-refractivity contribution in [1.82, 2.24) is 9.80 Å². The molecule has 6 heteroatoms. The predicted octanol–water partition coefficient (Wildman–Crippen LogP) is 3.25. The fraction of sp³-hybridized carbons (Fsp3) is 0.364. The number of benzene rings is 2. The van der Waals surface area contributed by atoms with E-state index in [2.05, 4.69) is 0 Å². The Hall–Kier alpha value is -2.53. The maximum absolute atomic E-state index is 12.9. The summed E-state index contributed by atoms with van der Waals surface area (Å²) in [5.74, 6) is 0.756. The number of nitrogens with zero attached hydrogens (tertiary/aromatic N) is 2. The molecule has 4 rings (SSSR count). The van der Waals surface area contributed by atoms with Crippen LogP contribution in [0.5, 0.6) is 5.75 Å². The van der Waals surface area contributed by atoms with Crippen molar-refractivity contribution in [3.05, 3.63) is 64.2 Å². The lowest BCUT2D eigenvalue weighted by molar-refractivity contribution is -0.149. The highest BCUT2D eigenvalue weighted by molar-refractivity contribution is 6.30. The number of carbonyl (C=O) groups excluding carboxylic acids is 2. The third kappa shape index (κ3) is 3.72. The second kappa shape index (κ2) is 7.84. The first-order valence-electron chi connectivity index (χ1n) is 9.62. The highest BCUT2D eigenvalue weighted by Crippen LogP contribution is 2.34. The minimum atomic E-state index is -0.118. The first-order valence-corrected chi connectivity index (χ1v) is 10.00. The van der Waals surface area contributed by atoms with E-state index in [0.29, 0.717) is 24.7 Å². The van der Waals surface area contributed by atoms with Crippen LogP contribution >= 0.6 is 11.6 Å². The van der Waals surface area contributed by atoms with Gasteiger partial charge in [0.2, 0.25) is 11.8 Å².